The summed E-state index contributed by atoms with van der Waals surface area (Å²) in [4.78, 5) is 11.8. The van der Waals surface area contributed by atoms with E-state index in [0.717, 1.165) is 5.56 Å². The van der Waals surface area contributed by atoms with E-state index in [0.29, 0.717) is 17.4 Å². The third-order valence-electron chi connectivity index (χ3n) is 3.36. The molecule has 1 amide bonds. The van der Waals surface area contributed by atoms with Crippen LogP contribution in [0.2, 0.25) is 0 Å². The molecule has 4 heteroatoms. The highest BCUT2D eigenvalue weighted by molar-refractivity contribution is 5.91. The van der Waals surface area contributed by atoms with Gasteiger partial charge in [-0.1, -0.05) is 19.9 Å². The van der Waals surface area contributed by atoms with Crippen LogP contribution in [-0.2, 0) is 4.79 Å². The summed E-state index contributed by atoms with van der Waals surface area (Å²) in [5.74, 6) is 0.499. The summed E-state index contributed by atoms with van der Waals surface area (Å²) in [6.45, 7) is 6.22. The summed E-state index contributed by atoms with van der Waals surface area (Å²) in [6.07, 6.45) is 0. The van der Waals surface area contributed by atoms with Crippen LogP contribution in [0, 0.1) is 12.7 Å². The maximum absolute atomic E-state index is 12.8. The Balaban J connectivity index is 1.91. The van der Waals surface area contributed by atoms with E-state index in [1.165, 1.54) is 29.8 Å². The molecule has 0 aliphatic carbocycles. The second-order valence-electron chi connectivity index (χ2n) is 5.52. The Labute approximate surface area is 130 Å². The van der Waals surface area contributed by atoms with Crippen LogP contribution in [0.25, 0.3) is 0 Å². The first kappa shape index (κ1) is 16.0. The van der Waals surface area contributed by atoms with Gasteiger partial charge in [-0.15, -0.1) is 0 Å². The van der Waals surface area contributed by atoms with Crippen LogP contribution in [0.5, 0.6) is 5.75 Å². The van der Waals surface area contributed by atoms with Gasteiger partial charge in [-0.2, -0.15) is 0 Å². The van der Waals surface area contributed by atoms with Crippen molar-refractivity contribution in [2.75, 3.05) is 11.9 Å². The van der Waals surface area contributed by atoms with E-state index in [-0.39, 0.29) is 18.3 Å². The summed E-state index contributed by atoms with van der Waals surface area (Å²) in [6, 6.07) is 11.4. The van der Waals surface area contributed by atoms with E-state index < -0.39 is 0 Å². The number of amides is 1. The Bertz CT molecular complexity index is 651. The van der Waals surface area contributed by atoms with E-state index in [1.807, 2.05) is 25.1 Å². The zero-order chi connectivity index (χ0) is 16.1. The lowest BCUT2D eigenvalue weighted by atomic mass is 9.98. The Hall–Kier alpha value is -2.36. The van der Waals surface area contributed by atoms with Crippen LogP contribution in [0.1, 0.15) is 30.9 Å². The molecule has 0 saturated carbocycles. The van der Waals surface area contributed by atoms with Crippen LogP contribution in [0.15, 0.2) is 42.5 Å². The number of carbonyl (C=O) groups is 1. The molecule has 0 aliphatic rings. The summed E-state index contributed by atoms with van der Waals surface area (Å²) in [5, 5.41) is 2.65. The highest BCUT2D eigenvalue weighted by Crippen LogP contribution is 2.23. The number of nitrogens with one attached hydrogen (secondary N) is 1. The van der Waals surface area contributed by atoms with Gasteiger partial charge in [-0.05, 0) is 60.4 Å². The van der Waals surface area contributed by atoms with Crippen molar-refractivity contribution in [3.05, 3.63) is 59.4 Å². The van der Waals surface area contributed by atoms with Gasteiger partial charge in [0.2, 0.25) is 0 Å². The first-order valence-corrected chi connectivity index (χ1v) is 7.24. The van der Waals surface area contributed by atoms with E-state index in [2.05, 4.69) is 19.2 Å². The van der Waals surface area contributed by atoms with Crippen LogP contribution in [-0.4, -0.2) is 12.5 Å². The molecule has 0 heterocycles. The van der Waals surface area contributed by atoms with Crippen LogP contribution in [0.3, 0.4) is 0 Å². The summed E-state index contributed by atoms with van der Waals surface area (Å²) >= 11 is 0. The Morgan fingerprint density at radius 2 is 1.86 bits per heavy atom. The molecule has 0 aliphatic heterocycles. The average Bonchev–Trinajstić information content (AvgIpc) is 2.47. The van der Waals surface area contributed by atoms with Crippen molar-refractivity contribution in [2.24, 2.45) is 0 Å². The third-order valence-corrected chi connectivity index (χ3v) is 3.36. The fourth-order valence-corrected chi connectivity index (χ4v) is 2.26. The van der Waals surface area contributed by atoms with Gasteiger partial charge in [0.15, 0.2) is 6.61 Å². The molecular formula is C18H20FNO2. The van der Waals surface area contributed by atoms with Gasteiger partial charge >= 0.3 is 0 Å². The number of carbonyl (C=O) groups excluding carboxylic acids is 1. The number of hydrogen-bond donors (Lipinski definition) is 1. The fraction of sp³-hybridized carbons (Fsp3) is 0.278. The predicted octanol–water partition coefficient (Wildman–Crippen LogP) is 4.28. The Morgan fingerprint density at radius 3 is 2.45 bits per heavy atom. The molecule has 2 aromatic rings. The number of ether oxygens (including phenoxy) is 1. The molecule has 22 heavy (non-hydrogen) atoms. The molecule has 2 aromatic carbocycles. The molecule has 116 valence electrons. The standard InChI is InChI=1S/C18H20FNO2/c1-12(2)17-9-8-16(10-13(17)3)22-11-18(21)20-15-6-4-14(19)5-7-15/h4-10,12H,11H2,1-3H3,(H,20,21). The predicted molar refractivity (Wildman–Crippen MR) is 85.8 cm³/mol. The molecule has 0 saturated heterocycles. The van der Waals surface area contributed by atoms with Gasteiger partial charge in [0.25, 0.3) is 5.91 Å². The van der Waals surface area contributed by atoms with Crippen molar-refractivity contribution in [3.63, 3.8) is 0 Å². The average molecular weight is 301 g/mol. The number of halogens is 1. The number of benzene rings is 2. The Kier molecular flexibility index (Phi) is 5.15. The first-order valence-electron chi connectivity index (χ1n) is 7.24. The summed E-state index contributed by atoms with van der Waals surface area (Å²) in [7, 11) is 0. The molecule has 0 bridgehead atoms. The highest BCUT2D eigenvalue weighted by Gasteiger charge is 2.07. The molecule has 3 nitrogen and oxygen atoms in total. The molecule has 2 rings (SSSR count). The van der Waals surface area contributed by atoms with E-state index >= 15 is 0 Å². The lowest BCUT2D eigenvalue weighted by Gasteiger charge is -2.12. The van der Waals surface area contributed by atoms with Gasteiger partial charge < -0.3 is 10.1 Å². The van der Waals surface area contributed by atoms with Crippen molar-refractivity contribution in [3.8, 4) is 5.75 Å². The fourth-order valence-electron chi connectivity index (χ4n) is 2.26. The summed E-state index contributed by atoms with van der Waals surface area (Å²) in [5.41, 5.74) is 2.95. The molecule has 0 radical (unpaired) electrons. The van der Waals surface area contributed by atoms with Gasteiger partial charge in [0.05, 0.1) is 0 Å². The lowest BCUT2D eigenvalue weighted by molar-refractivity contribution is -0.118. The quantitative estimate of drug-likeness (QED) is 0.895. The number of anilines is 1. The first-order chi connectivity index (χ1) is 10.5. The molecular weight excluding hydrogens is 281 g/mol. The topological polar surface area (TPSA) is 38.3 Å². The number of hydrogen-bond acceptors (Lipinski definition) is 2. The zero-order valence-corrected chi connectivity index (χ0v) is 13.0. The second-order valence-corrected chi connectivity index (χ2v) is 5.52. The van der Waals surface area contributed by atoms with Crippen molar-refractivity contribution in [1.29, 1.82) is 0 Å². The van der Waals surface area contributed by atoms with Gasteiger partial charge in [0, 0.05) is 5.69 Å². The maximum Gasteiger partial charge on any atom is 0.262 e. The minimum absolute atomic E-state index is 0.0855. The lowest BCUT2D eigenvalue weighted by Crippen LogP contribution is -2.20. The minimum atomic E-state index is -0.338. The van der Waals surface area contributed by atoms with Crippen LogP contribution < -0.4 is 10.1 Å². The molecule has 1 N–H and O–H groups in total. The largest absolute Gasteiger partial charge is 0.484 e. The van der Waals surface area contributed by atoms with Crippen molar-refractivity contribution >= 4 is 11.6 Å². The van der Waals surface area contributed by atoms with Crippen molar-refractivity contribution in [2.45, 2.75) is 26.7 Å². The highest BCUT2D eigenvalue weighted by atomic mass is 19.1. The van der Waals surface area contributed by atoms with E-state index in [9.17, 15) is 9.18 Å². The monoisotopic (exact) mass is 301 g/mol. The normalized spacial score (nSPS) is 10.6. The molecule has 0 unspecified atom stereocenters. The van der Waals surface area contributed by atoms with E-state index in [4.69, 9.17) is 4.74 Å². The van der Waals surface area contributed by atoms with Crippen LogP contribution in [0.4, 0.5) is 10.1 Å². The van der Waals surface area contributed by atoms with Crippen molar-refractivity contribution < 1.29 is 13.9 Å². The Morgan fingerprint density at radius 1 is 1.18 bits per heavy atom. The van der Waals surface area contributed by atoms with Crippen LogP contribution >= 0.6 is 0 Å². The van der Waals surface area contributed by atoms with Gasteiger partial charge in [-0.25, -0.2) is 4.39 Å². The SMILES string of the molecule is Cc1cc(OCC(=O)Nc2ccc(F)cc2)ccc1C(C)C. The van der Waals surface area contributed by atoms with Crippen molar-refractivity contribution in [1.82, 2.24) is 0 Å². The molecule has 0 aromatic heterocycles. The zero-order valence-electron chi connectivity index (χ0n) is 13.0. The molecule has 0 atom stereocenters. The third kappa shape index (κ3) is 4.32. The number of rotatable bonds is 5. The molecule has 0 spiro atoms. The maximum atomic E-state index is 12.8. The van der Waals surface area contributed by atoms with Gasteiger partial charge in [-0.3, -0.25) is 4.79 Å². The minimum Gasteiger partial charge on any atom is -0.484 e. The smallest absolute Gasteiger partial charge is 0.262 e. The van der Waals surface area contributed by atoms with Gasteiger partial charge in [0.1, 0.15) is 11.6 Å². The number of aryl methyl sites for hydroxylation is 1. The van der Waals surface area contributed by atoms with E-state index in [1.54, 1.807) is 0 Å². The second kappa shape index (κ2) is 7.07. The molecule has 0 fully saturated rings. The summed E-state index contributed by atoms with van der Waals surface area (Å²) < 4.78 is 18.3.